The van der Waals surface area contributed by atoms with Crippen LogP contribution in [0.5, 0.6) is 11.5 Å². The van der Waals surface area contributed by atoms with Crippen molar-refractivity contribution in [3.8, 4) is 11.5 Å². The predicted octanol–water partition coefficient (Wildman–Crippen LogP) is 2.60. The zero-order valence-corrected chi connectivity index (χ0v) is 11.9. The maximum absolute atomic E-state index is 12.3. The number of para-hydroxylation sites is 1. The molecule has 1 heterocycles. The molecule has 0 spiro atoms. The van der Waals surface area contributed by atoms with Crippen molar-refractivity contribution in [1.29, 1.82) is 0 Å². The smallest absolute Gasteiger partial charge is 0.255 e. The van der Waals surface area contributed by atoms with E-state index in [0.717, 1.165) is 0 Å². The molecule has 104 valence electrons. The number of alkyl halides is 1. The third kappa shape index (κ3) is 3.32. The molecule has 19 heavy (non-hydrogen) atoms. The van der Waals surface area contributed by atoms with E-state index in [0.29, 0.717) is 42.6 Å². The first-order valence-corrected chi connectivity index (χ1v) is 6.84. The van der Waals surface area contributed by atoms with Crippen molar-refractivity contribution in [3.05, 3.63) is 23.8 Å². The highest BCUT2D eigenvalue weighted by Crippen LogP contribution is 2.33. The van der Waals surface area contributed by atoms with Gasteiger partial charge >= 0.3 is 0 Å². The second-order valence-electron chi connectivity index (χ2n) is 5.11. The van der Waals surface area contributed by atoms with Gasteiger partial charge in [-0.05, 0) is 32.4 Å². The summed E-state index contributed by atoms with van der Waals surface area (Å²) < 4.78 is 11.0. The lowest BCUT2D eigenvalue weighted by Gasteiger charge is -2.27. The summed E-state index contributed by atoms with van der Waals surface area (Å²) in [6.07, 6.45) is 0.701. The first-order chi connectivity index (χ1) is 9.03. The van der Waals surface area contributed by atoms with Gasteiger partial charge in [-0.25, -0.2) is 0 Å². The molecule has 0 atom stereocenters. The molecule has 1 aliphatic rings. The van der Waals surface area contributed by atoms with Crippen LogP contribution in [0.4, 0.5) is 0 Å². The molecule has 1 N–H and O–H groups in total. The molecule has 1 aromatic rings. The zero-order chi connectivity index (χ0) is 13.9. The van der Waals surface area contributed by atoms with E-state index >= 15 is 0 Å². The van der Waals surface area contributed by atoms with Gasteiger partial charge in [0.1, 0.15) is 13.2 Å². The predicted molar refractivity (Wildman–Crippen MR) is 74.3 cm³/mol. The van der Waals surface area contributed by atoms with Gasteiger partial charge in [0.2, 0.25) is 0 Å². The van der Waals surface area contributed by atoms with Crippen LogP contribution in [0.15, 0.2) is 18.2 Å². The summed E-state index contributed by atoms with van der Waals surface area (Å²) in [6, 6.07) is 5.33. The zero-order valence-electron chi connectivity index (χ0n) is 11.2. The van der Waals surface area contributed by atoms with Gasteiger partial charge in [-0.2, -0.15) is 0 Å². The summed E-state index contributed by atoms with van der Waals surface area (Å²) in [7, 11) is 0. The van der Waals surface area contributed by atoms with Gasteiger partial charge in [-0.3, -0.25) is 4.79 Å². The van der Waals surface area contributed by atoms with Crippen molar-refractivity contribution in [2.75, 3.05) is 19.1 Å². The minimum Gasteiger partial charge on any atom is -0.486 e. The lowest BCUT2D eigenvalue weighted by molar-refractivity contribution is 0.0900. The molecule has 0 aromatic heterocycles. The van der Waals surface area contributed by atoms with E-state index in [9.17, 15) is 4.79 Å². The van der Waals surface area contributed by atoms with Crippen molar-refractivity contribution in [2.45, 2.75) is 25.8 Å². The molecule has 0 radical (unpaired) electrons. The molecule has 1 amide bonds. The fourth-order valence-corrected chi connectivity index (χ4v) is 2.40. The van der Waals surface area contributed by atoms with Crippen LogP contribution in [0.25, 0.3) is 0 Å². The SMILES string of the molecule is CC(C)(CCCl)NC(=O)c1cccc2c1OCCO2. The Morgan fingerprint density at radius 1 is 1.37 bits per heavy atom. The monoisotopic (exact) mass is 283 g/mol. The number of carbonyl (C=O) groups is 1. The van der Waals surface area contributed by atoms with Crippen molar-refractivity contribution in [3.63, 3.8) is 0 Å². The van der Waals surface area contributed by atoms with E-state index in [-0.39, 0.29) is 11.4 Å². The molecule has 4 nitrogen and oxygen atoms in total. The molecule has 0 unspecified atom stereocenters. The highest BCUT2D eigenvalue weighted by Gasteiger charge is 2.25. The van der Waals surface area contributed by atoms with E-state index < -0.39 is 0 Å². The highest BCUT2D eigenvalue weighted by atomic mass is 35.5. The van der Waals surface area contributed by atoms with Gasteiger partial charge in [0.15, 0.2) is 11.5 Å². The van der Waals surface area contributed by atoms with Crippen molar-refractivity contribution >= 4 is 17.5 Å². The summed E-state index contributed by atoms with van der Waals surface area (Å²) in [6.45, 7) is 4.86. The normalized spacial score (nSPS) is 14.1. The number of benzene rings is 1. The average Bonchev–Trinajstić information content (AvgIpc) is 2.37. The molecule has 5 heteroatoms. The second-order valence-corrected chi connectivity index (χ2v) is 5.48. The quantitative estimate of drug-likeness (QED) is 0.864. The Hall–Kier alpha value is -1.42. The van der Waals surface area contributed by atoms with Crippen LogP contribution in [0, 0.1) is 0 Å². The van der Waals surface area contributed by atoms with Gasteiger partial charge in [0.05, 0.1) is 5.56 Å². The molecule has 0 saturated carbocycles. The molecule has 0 aliphatic carbocycles. The Balaban J connectivity index is 2.20. The number of rotatable bonds is 4. The standard InChI is InChI=1S/C14H18ClNO3/c1-14(2,6-7-15)16-13(17)10-4-3-5-11-12(10)19-9-8-18-11/h3-5H,6-9H2,1-2H3,(H,16,17). The molecule has 1 aliphatic heterocycles. The molecule has 0 fully saturated rings. The van der Waals surface area contributed by atoms with Crippen LogP contribution in [0.1, 0.15) is 30.6 Å². The minimum atomic E-state index is -0.350. The number of ether oxygens (including phenoxy) is 2. The number of hydrogen-bond donors (Lipinski definition) is 1. The molecule has 2 rings (SSSR count). The Morgan fingerprint density at radius 2 is 2.11 bits per heavy atom. The van der Waals surface area contributed by atoms with Crippen LogP contribution in [0.2, 0.25) is 0 Å². The third-order valence-corrected chi connectivity index (χ3v) is 3.17. The van der Waals surface area contributed by atoms with Gasteiger partial charge < -0.3 is 14.8 Å². The Kier molecular flexibility index (Phi) is 4.20. The largest absolute Gasteiger partial charge is 0.486 e. The molecule has 0 saturated heterocycles. The number of fused-ring (bicyclic) bond motifs is 1. The van der Waals surface area contributed by atoms with Crippen LogP contribution >= 0.6 is 11.6 Å². The van der Waals surface area contributed by atoms with E-state index in [1.165, 1.54) is 0 Å². The lowest BCUT2D eigenvalue weighted by atomic mass is 10.0. The van der Waals surface area contributed by atoms with E-state index in [1.807, 2.05) is 13.8 Å². The maximum atomic E-state index is 12.3. The van der Waals surface area contributed by atoms with Crippen LogP contribution in [0.3, 0.4) is 0 Å². The van der Waals surface area contributed by atoms with Crippen LogP contribution < -0.4 is 14.8 Å². The Morgan fingerprint density at radius 3 is 2.84 bits per heavy atom. The van der Waals surface area contributed by atoms with Crippen molar-refractivity contribution in [2.24, 2.45) is 0 Å². The molecule has 0 bridgehead atoms. The molecular weight excluding hydrogens is 266 g/mol. The second kappa shape index (κ2) is 5.70. The van der Waals surface area contributed by atoms with Crippen molar-refractivity contribution < 1.29 is 14.3 Å². The fraction of sp³-hybridized carbons (Fsp3) is 0.500. The minimum absolute atomic E-state index is 0.169. The first-order valence-electron chi connectivity index (χ1n) is 6.30. The number of carbonyl (C=O) groups excluding carboxylic acids is 1. The van der Waals surface area contributed by atoms with E-state index in [4.69, 9.17) is 21.1 Å². The summed E-state index contributed by atoms with van der Waals surface area (Å²) in [4.78, 5) is 12.3. The molecular formula is C14H18ClNO3. The molecule has 1 aromatic carbocycles. The first kappa shape index (κ1) is 14.0. The highest BCUT2D eigenvalue weighted by molar-refractivity contribution is 6.17. The van der Waals surface area contributed by atoms with Gasteiger partial charge in [0.25, 0.3) is 5.91 Å². The third-order valence-electron chi connectivity index (χ3n) is 2.98. The lowest BCUT2D eigenvalue weighted by Crippen LogP contribution is -2.43. The van der Waals surface area contributed by atoms with E-state index in [1.54, 1.807) is 18.2 Å². The Labute approximate surface area is 118 Å². The number of halogens is 1. The van der Waals surface area contributed by atoms with Gasteiger partial charge in [-0.15, -0.1) is 11.6 Å². The summed E-state index contributed by atoms with van der Waals surface area (Å²) in [5, 5.41) is 2.96. The number of nitrogens with one attached hydrogen (secondary N) is 1. The van der Waals surface area contributed by atoms with Gasteiger partial charge in [-0.1, -0.05) is 6.07 Å². The van der Waals surface area contributed by atoms with Gasteiger partial charge in [0, 0.05) is 11.4 Å². The number of amides is 1. The Bertz CT molecular complexity index is 474. The van der Waals surface area contributed by atoms with Crippen molar-refractivity contribution in [1.82, 2.24) is 5.32 Å². The van der Waals surface area contributed by atoms with Crippen LogP contribution in [-0.2, 0) is 0 Å². The average molecular weight is 284 g/mol. The fourth-order valence-electron chi connectivity index (χ4n) is 1.93. The topological polar surface area (TPSA) is 47.6 Å². The number of hydrogen-bond acceptors (Lipinski definition) is 3. The van der Waals surface area contributed by atoms with Crippen LogP contribution in [-0.4, -0.2) is 30.5 Å². The summed E-state index contributed by atoms with van der Waals surface area (Å²) in [5.74, 6) is 1.47. The summed E-state index contributed by atoms with van der Waals surface area (Å²) in [5.41, 5.74) is 0.150. The maximum Gasteiger partial charge on any atom is 0.255 e. The summed E-state index contributed by atoms with van der Waals surface area (Å²) >= 11 is 5.73. The van der Waals surface area contributed by atoms with E-state index in [2.05, 4.69) is 5.32 Å².